The predicted octanol–water partition coefficient (Wildman–Crippen LogP) is 1.37. The Kier molecular flexibility index (Phi) is 2.04. The van der Waals surface area contributed by atoms with Crippen molar-refractivity contribution in [3.63, 3.8) is 0 Å². The molecule has 0 saturated carbocycles. The lowest BCUT2D eigenvalue weighted by Crippen LogP contribution is -2.24. The number of hydrogen-bond donors (Lipinski definition) is 0. The van der Waals surface area contributed by atoms with Gasteiger partial charge in [-0.1, -0.05) is 0 Å². The van der Waals surface area contributed by atoms with Crippen LogP contribution in [0.4, 0.5) is 0 Å². The molecule has 0 amide bonds. The van der Waals surface area contributed by atoms with Crippen molar-refractivity contribution in [2.24, 2.45) is 0 Å². The van der Waals surface area contributed by atoms with Crippen molar-refractivity contribution in [1.29, 1.82) is 0 Å². The van der Waals surface area contributed by atoms with Crippen LogP contribution in [0.2, 0.25) is 0 Å². The van der Waals surface area contributed by atoms with E-state index < -0.39 is 0 Å². The van der Waals surface area contributed by atoms with Crippen molar-refractivity contribution >= 4 is 10.9 Å². The lowest BCUT2D eigenvalue weighted by Gasteiger charge is -2.07. The molecule has 0 atom stereocenters. The summed E-state index contributed by atoms with van der Waals surface area (Å²) in [6, 6.07) is 3.60. The van der Waals surface area contributed by atoms with Gasteiger partial charge in [0.25, 0.3) is 5.56 Å². The van der Waals surface area contributed by atoms with Gasteiger partial charge in [0, 0.05) is 6.20 Å². The van der Waals surface area contributed by atoms with E-state index in [-0.39, 0.29) is 11.6 Å². The predicted molar refractivity (Wildman–Crippen MR) is 54.2 cm³/mol. The third-order valence-electron chi connectivity index (χ3n) is 2.07. The van der Waals surface area contributed by atoms with Crippen LogP contribution in [-0.2, 0) is 0 Å². The minimum absolute atomic E-state index is 0.0760. The molecule has 0 aromatic carbocycles. The molecule has 0 N–H and O–H groups in total. The van der Waals surface area contributed by atoms with Crippen LogP contribution in [0.3, 0.4) is 0 Å². The zero-order valence-electron chi connectivity index (χ0n) is 8.14. The number of rotatable bonds is 1. The molecule has 2 heterocycles. The molecule has 0 aliphatic rings. The van der Waals surface area contributed by atoms with Crippen molar-refractivity contribution < 1.29 is 0 Å². The SMILES string of the molecule is CC(C)n1ncc2ncccc2c1=O. The molecule has 4 heteroatoms. The lowest BCUT2D eigenvalue weighted by molar-refractivity contribution is 0.507. The zero-order valence-corrected chi connectivity index (χ0v) is 8.14. The van der Waals surface area contributed by atoms with E-state index in [1.54, 1.807) is 24.5 Å². The summed E-state index contributed by atoms with van der Waals surface area (Å²) < 4.78 is 1.46. The summed E-state index contributed by atoms with van der Waals surface area (Å²) in [6.45, 7) is 3.85. The number of hydrogen-bond acceptors (Lipinski definition) is 3. The quantitative estimate of drug-likeness (QED) is 0.680. The molecule has 72 valence electrons. The molecule has 2 aromatic rings. The standard InChI is InChI=1S/C10H11N3O/c1-7(2)13-10(14)8-4-3-5-11-9(8)6-12-13/h3-7H,1-2H3. The Balaban J connectivity index is 2.82. The highest BCUT2D eigenvalue weighted by atomic mass is 16.1. The molecule has 0 saturated heterocycles. The average Bonchev–Trinajstić information content (AvgIpc) is 2.18. The Morgan fingerprint density at radius 3 is 2.93 bits per heavy atom. The number of pyridine rings is 1. The molecule has 0 aliphatic heterocycles. The first-order valence-electron chi connectivity index (χ1n) is 4.52. The number of aromatic nitrogens is 3. The molecule has 2 aromatic heterocycles. The molecule has 0 bridgehead atoms. The van der Waals surface area contributed by atoms with Gasteiger partial charge in [0.05, 0.1) is 23.1 Å². The first-order valence-corrected chi connectivity index (χ1v) is 4.52. The van der Waals surface area contributed by atoms with E-state index in [2.05, 4.69) is 10.1 Å². The molecular formula is C10H11N3O. The van der Waals surface area contributed by atoms with E-state index in [9.17, 15) is 4.79 Å². The Hall–Kier alpha value is -1.71. The number of nitrogens with zero attached hydrogens (tertiary/aromatic N) is 3. The number of fused-ring (bicyclic) bond motifs is 1. The summed E-state index contributed by atoms with van der Waals surface area (Å²) in [5.41, 5.74) is 0.569. The van der Waals surface area contributed by atoms with Crippen molar-refractivity contribution in [3.8, 4) is 0 Å². The zero-order chi connectivity index (χ0) is 10.1. The summed E-state index contributed by atoms with van der Waals surface area (Å²) >= 11 is 0. The smallest absolute Gasteiger partial charge is 0.267 e. The van der Waals surface area contributed by atoms with Crippen LogP contribution in [0.25, 0.3) is 10.9 Å². The van der Waals surface area contributed by atoms with Gasteiger partial charge < -0.3 is 0 Å². The lowest BCUT2D eigenvalue weighted by atomic mass is 10.3. The van der Waals surface area contributed by atoms with Gasteiger partial charge in [0.1, 0.15) is 0 Å². The van der Waals surface area contributed by atoms with Gasteiger partial charge >= 0.3 is 0 Å². The topological polar surface area (TPSA) is 47.8 Å². The molecular weight excluding hydrogens is 178 g/mol. The summed E-state index contributed by atoms with van der Waals surface area (Å²) in [4.78, 5) is 15.9. The van der Waals surface area contributed by atoms with Crippen molar-refractivity contribution in [3.05, 3.63) is 34.9 Å². The molecule has 0 radical (unpaired) electrons. The summed E-state index contributed by atoms with van der Waals surface area (Å²) in [6.07, 6.45) is 3.28. The van der Waals surface area contributed by atoms with Crippen LogP contribution < -0.4 is 5.56 Å². The molecule has 4 nitrogen and oxygen atoms in total. The van der Waals surface area contributed by atoms with Crippen molar-refractivity contribution in [2.45, 2.75) is 19.9 Å². The highest BCUT2D eigenvalue weighted by Gasteiger charge is 2.05. The highest BCUT2D eigenvalue weighted by Crippen LogP contribution is 2.05. The first-order chi connectivity index (χ1) is 6.70. The highest BCUT2D eigenvalue weighted by molar-refractivity contribution is 5.75. The van der Waals surface area contributed by atoms with Gasteiger partial charge in [-0.15, -0.1) is 0 Å². The van der Waals surface area contributed by atoms with Gasteiger partial charge in [-0.05, 0) is 26.0 Å². The van der Waals surface area contributed by atoms with E-state index in [1.807, 2.05) is 13.8 Å². The van der Waals surface area contributed by atoms with Crippen molar-refractivity contribution in [1.82, 2.24) is 14.8 Å². The van der Waals surface area contributed by atoms with Gasteiger partial charge in [0.15, 0.2) is 0 Å². The monoisotopic (exact) mass is 189 g/mol. The largest absolute Gasteiger partial charge is 0.276 e. The third-order valence-corrected chi connectivity index (χ3v) is 2.07. The summed E-state index contributed by atoms with van der Waals surface area (Å²) in [5.74, 6) is 0. The normalized spacial score (nSPS) is 11.1. The van der Waals surface area contributed by atoms with Gasteiger partial charge in [-0.2, -0.15) is 5.10 Å². The van der Waals surface area contributed by atoms with Gasteiger partial charge in [0.2, 0.25) is 0 Å². The van der Waals surface area contributed by atoms with Gasteiger partial charge in [-0.3, -0.25) is 9.78 Å². The molecule has 14 heavy (non-hydrogen) atoms. The Morgan fingerprint density at radius 2 is 2.21 bits per heavy atom. The van der Waals surface area contributed by atoms with Crippen molar-refractivity contribution in [2.75, 3.05) is 0 Å². The second-order valence-electron chi connectivity index (χ2n) is 3.42. The average molecular weight is 189 g/mol. The van der Waals surface area contributed by atoms with E-state index in [1.165, 1.54) is 4.68 Å². The van der Waals surface area contributed by atoms with E-state index >= 15 is 0 Å². The molecule has 0 aliphatic carbocycles. The summed E-state index contributed by atoms with van der Waals surface area (Å²) in [7, 11) is 0. The Bertz CT molecular complexity index is 516. The third kappa shape index (κ3) is 1.28. The molecule has 2 rings (SSSR count). The molecule has 0 spiro atoms. The van der Waals surface area contributed by atoms with Crippen LogP contribution in [0.5, 0.6) is 0 Å². The van der Waals surface area contributed by atoms with E-state index in [0.717, 1.165) is 0 Å². The van der Waals surface area contributed by atoms with Crippen LogP contribution in [-0.4, -0.2) is 14.8 Å². The molecule has 0 fully saturated rings. The minimum atomic E-state index is -0.0781. The van der Waals surface area contributed by atoms with Crippen LogP contribution in [0, 0.1) is 0 Å². The van der Waals surface area contributed by atoms with Crippen LogP contribution in [0.1, 0.15) is 19.9 Å². The fourth-order valence-corrected chi connectivity index (χ4v) is 1.36. The maximum absolute atomic E-state index is 11.8. The summed E-state index contributed by atoms with van der Waals surface area (Å²) in [5, 5.41) is 4.67. The molecule has 0 unspecified atom stereocenters. The maximum Gasteiger partial charge on any atom is 0.276 e. The minimum Gasteiger partial charge on any atom is -0.267 e. The van der Waals surface area contributed by atoms with Crippen LogP contribution in [0.15, 0.2) is 29.3 Å². The fourth-order valence-electron chi connectivity index (χ4n) is 1.36. The maximum atomic E-state index is 11.8. The second-order valence-corrected chi connectivity index (χ2v) is 3.42. The van der Waals surface area contributed by atoms with E-state index in [0.29, 0.717) is 10.9 Å². The Labute approximate surface area is 81.2 Å². The first kappa shape index (κ1) is 8.87. The van der Waals surface area contributed by atoms with Gasteiger partial charge in [-0.25, -0.2) is 4.68 Å². The Morgan fingerprint density at radius 1 is 1.43 bits per heavy atom. The van der Waals surface area contributed by atoms with E-state index in [4.69, 9.17) is 0 Å². The van der Waals surface area contributed by atoms with Crippen LogP contribution >= 0.6 is 0 Å². The second kappa shape index (κ2) is 3.21. The fraction of sp³-hybridized carbons (Fsp3) is 0.300.